The third kappa shape index (κ3) is 7.56. The number of likely N-dealkylation sites (tertiary alicyclic amines) is 1. The molecule has 6 nitrogen and oxygen atoms in total. The highest BCUT2D eigenvalue weighted by Crippen LogP contribution is 2.13. The van der Waals surface area contributed by atoms with Gasteiger partial charge in [-0.2, -0.15) is 0 Å². The number of amides is 2. The summed E-state index contributed by atoms with van der Waals surface area (Å²) in [5, 5.41) is 5.71. The minimum Gasteiger partial charge on any atom is -0.463 e. The number of esters is 1. The highest BCUT2D eigenvalue weighted by Gasteiger charge is 2.20. The van der Waals surface area contributed by atoms with E-state index in [0.29, 0.717) is 6.54 Å². The van der Waals surface area contributed by atoms with E-state index in [-0.39, 0.29) is 30.6 Å². The Morgan fingerprint density at radius 1 is 1.20 bits per heavy atom. The number of piperidine rings is 1. The number of urea groups is 1. The van der Waals surface area contributed by atoms with E-state index in [1.165, 1.54) is 5.56 Å². The standard InChI is InChI=1S/C19H29N3O3/c1-15(2)25-18(23)8-11-20-19(24)21-17-9-12-22(13-10-17)14-16-6-4-3-5-7-16/h3-7,15,17H,8-14H2,1-2H3,(H2,20,21,24). The number of nitrogens with one attached hydrogen (secondary N) is 2. The molecule has 0 unspecified atom stereocenters. The summed E-state index contributed by atoms with van der Waals surface area (Å²) < 4.78 is 5.03. The van der Waals surface area contributed by atoms with Gasteiger partial charge in [0.05, 0.1) is 12.5 Å². The highest BCUT2D eigenvalue weighted by molar-refractivity contribution is 5.75. The lowest BCUT2D eigenvalue weighted by Crippen LogP contribution is -2.48. The summed E-state index contributed by atoms with van der Waals surface area (Å²) in [7, 11) is 0. The Morgan fingerprint density at radius 2 is 1.88 bits per heavy atom. The molecule has 138 valence electrons. The van der Waals surface area contributed by atoms with E-state index >= 15 is 0 Å². The monoisotopic (exact) mass is 347 g/mol. The predicted molar refractivity (Wildman–Crippen MR) is 97.1 cm³/mol. The molecule has 2 rings (SSSR count). The van der Waals surface area contributed by atoms with Gasteiger partial charge in [-0.15, -0.1) is 0 Å². The molecule has 2 amide bonds. The molecular weight excluding hydrogens is 318 g/mol. The first-order chi connectivity index (χ1) is 12.0. The van der Waals surface area contributed by atoms with Gasteiger partial charge in [0.15, 0.2) is 0 Å². The Morgan fingerprint density at radius 3 is 2.52 bits per heavy atom. The largest absolute Gasteiger partial charge is 0.463 e. The van der Waals surface area contributed by atoms with Crippen molar-refractivity contribution in [1.29, 1.82) is 0 Å². The van der Waals surface area contributed by atoms with Crippen molar-refractivity contribution in [3.05, 3.63) is 35.9 Å². The number of hydrogen-bond donors (Lipinski definition) is 2. The van der Waals surface area contributed by atoms with Crippen molar-refractivity contribution in [2.24, 2.45) is 0 Å². The van der Waals surface area contributed by atoms with Crippen LogP contribution in [0.15, 0.2) is 30.3 Å². The third-order valence-corrected chi connectivity index (χ3v) is 4.15. The smallest absolute Gasteiger partial charge is 0.315 e. The average Bonchev–Trinajstić information content (AvgIpc) is 2.57. The predicted octanol–water partition coefficient (Wildman–Crippen LogP) is 2.29. The topological polar surface area (TPSA) is 70.7 Å². The van der Waals surface area contributed by atoms with E-state index in [1.54, 1.807) is 0 Å². The first-order valence-corrected chi connectivity index (χ1v) is 9.03. The van der Waals surface area contributed by atoms with Crippen LogP contribution in [0.1, 0.15) is 38.7 Å². The molecule has 25 heavy (non-hydrogen) atoms. The Kier molecular flexibility index (Phi) is 7.73. The molecule has 0 radical (unpaired) electrons. The maximum atomic E-state index is 11.9. The zero-order valence-corrected chi connectivity index (χ0v) is 15.2. The zero-order chi connectivity index (χ0) is 18.1. The molecule has 1 aromatic rings. The van der Waals surface area contributed by atoms with E-state index < -0.39 is 0 Å². The van der Waals surface area contributed by atoms with E-state index in [4.69, 9.17) is 4.74 Å². The van der Waals surface area contributed by atoms with E-state index in [2.05, 4.69) is 39.8 Å². The Bertz CT molecular complexity index is 540. The lowest BCUT2D eigenvalue weighted by molar-refractivity contribution is -0.147. The molecule has 6 heteroatoms. The molecule has 0 bridgehead atoms. The molecule has 1 aliphatic heterocycles. The number of benzene rings is 1. The van der Waals surface area contributed by atoms with Gasteiger partial charge in [-0.1, -0.05) is 30.3 Å². The van der Waals surface area contributed by atoms with Gasteiger partial charge in [-0.25, -0.2) is 4.79 Å². The van der Waals surface area contributed by atoms with Gasteiger partial charge in [-0.3, -0.25) is 9.69 Å². The first kappa shape index (κ1) is 19.2. The maximum Gasteiger partial charge on any atom is 0.315 e. The number of carbonyl (C=O) groups is 2. The van der Waals surface area contributed by atoms with Crippen molar-refractivity contribution in [2.75, 3.05) is 19.6 Å². The second-order valence-corrected chi connectivity index (χ2v) is 6.72. The van der Waals surface area contributed by atoms with Crippen LogP contribution in [0.3, 0.4) is 0 Å². The van der Waals surface area contributed by atoms with E-state index in [0.717, 1.165) is 32.5 Å². The molecule has 1 aliphatic rings. The van der Waals surface area contributed by atoms with Crippen LogP contribution in [0.25, 0.3) is 0 Å². The zero-order valence-electron chi connectivity index (χ0n) is 15.2. The molecular formula is C19H29N3O3. The molecule has 1 heterocycles. The average molecular weight is 347 g/mol. The number of carbonyl (C=O) groups excluding carboxylic acids is 2. The summed E-state index contributed by atoms with van der Waals surface area (Å²) in [5.41, 5.74) is 1.32. The summed E-state index contributed by atoms with van der Waals surface area (Å²) in [6.45, 7) is 6.81. The van der Waals surface area contributed by atoms with Crippen LogP contribution in [0.5, 0.6) is 0 Å². The van der Waals surface area contributed by atoms with Gasteiger partial charge in [0.2, 0.25) is 0 Å². The molecule has 0 aliphatic carbocycles. The number of nitrogens with zero attached hydrogens (tertiary/aromatic N) is 1. The van der Waals surface area contributed by atoms with Crippen LogP contribution >= 0.6 is 0 Å². The van der Waals surface area contributed by atoms with Crippen molar-refractivity contribution in [2.45, 2.75) is 51.8 Å². The van der Waals surface area contributed by atoms with Crippen molar-refractivity contribution >= 4 is 12.0 Å². The molecule has 0 spiro atoms. The van der Waals surface area contributed by atoms with Crippen LogP contribution in [0, 0.1) is 0 Å². The van der Waals surface area contributed by atoms with Gasteiger partial charge in [0.25, 0.3) is 0 Å². The minimum atomic E-state index is -0.287. The van der Waals surface area contributed by atoms with E-state index in [1.807, 2.05) is 19.9 Å². The molecule has 2 N–H and O–H groups in total. The fraction of sp³-hybridized carbons (Fsp3) is 0.579. The molecule has 1 saturated heterocycles. The van der Waals surface area contributed by atoms with Gasteiger partial charge >= 0.3 is 12.0 Å². The van der Waals surface area contributed by atoms with Crippen LogP contribution in [-0.4, -0.2) is 48.7 Å². The lowest BCUT2D eigenvalue weighted by Gasteiger charge is -2.32. The summed E-state index contributed by atoms with van der Waals surface area (Å²) in [5.74, 6) is -0.287. The lowest BCUT2D eigenvalue weighted by atomic mass is 10.0. The van der Waals surface area contributed by atoms with Crippen LogP contribution in [0.4, 0.5) is 4.79 Å². The molecule has 0 aromatic heterocycles. The van der Waals surface area contributed by atoms with Gasteiger partial charge in [0.1, 0.15) is 0 Å². The van der Waals surface area contributed by atoms with Gasteiger partial charge < -0.3 is 15.4 Å². The second-order valence-electron chi connectivity index (χ2n) is 6.72. The Balaban J connectivity index is 1.59. The molecule has 1 aromatic carbocycles. The van der Waals surface area contributed by atoms with Crippen molar-refractivity contribution in [1.82, 2.24) is 15.5 Å². The minimum absolute atomic E-state index is 0.123. The molecule has 0 saturated carbocycles. The summed E-state index contributed by atoms with van der Waals surface area (Å²) in [6, 6.07) is 10.4. The normalized spacial score (nSPS) is 15.8. The first-order valence-electron chi connectivity index (χ1n) is 9.03. The van der Waals surface area contributed by atoms with Gasteiger partial charge in [-0.05, 0) is 32.3 Å². The summed E-state index contributed by atoms with van der Waals surface area (Å²) >= 11 is 0. The quantitative estimate of drug-likeness (QED) is 0.743. The van der Waals surface area contributed by atoms with Crippen LogP contribution in [0.2, 0.25) is 0 Å². The summed E-state index contributed by atoms with van der Waals surface area (Å²) in [6.07, 6.45) is 1.95. The van der Waals surface area contributed by atoms with E-state index in [9.17, 15) is 9.59 Å². The fourth-order valence-electron chi connectivity index (χ4n) is 2.91. The molecule has 0 atom stereocenters. The second kappa shape index (κ2) is 10.0. The maximum absolute atomic E-state index is 11.9. The van der Waals surface area contributed by atoms with Crippen LogP contribution < -0.4 is 10.6 Å². The van der Waals surface area contributed by atoms with Crippen molar-refractivity contribution in [3.63, 3.8) is 0 Å². The Hall–Kier alpha value is -2.08. The fourth-order valence-corrected chi connectivity index (χ4v) is 2.91. The highest BCUT2D eigenvalue weighted by atomic mass is 16.5. The Labute approximate surface area is 149 Å². The molecule has 1 fully saturated rings. The van der Waals surface area contributed by atoms with Crippen molar-refractivity contribution < 1.29 is 14.3 Å². The third-order valence-electron chi connectivity index (χ3n) is 4.15. The number of hydrogen-bond acceptors (Lipinski definition) is 4. The SMILES string of the molecule is CC(C)OC(=O)CCNC(=O)NC1CCN(Cc2ccccc2)CC1. The van der Waals surface area contributed by atoms with Gasteiger partial charge in [0, 0.05) is 32.2 Å². The number of rotatable bonds is 7. The summed E-state index contributed by atoms with van der Waals surface area (Å²) in [4.78, 5) is 25.7. The number of ether oxygens (including phenoxy) is 1. The van der Waals surface area contributed by atoms with Crippen molar-refractivity contribution in [3.8, 4) is 0 Å². The van der Waals surface area contributed by atoms with Crippen LogP contribution in [-0.2, 0) is 16.1 Å².